The van der Waals surface area contributed by atoms with Crippen LogP contribution in [0.3, 0.4) is 0 Å². The summed E-state index contributed by atoms with van der Waals surface area (Å²) in [5.41, 5.74) is 4.76. The van der Waals surface area contributed by atoms with Gasteiger partial charge in [-0.05, 0) is 53.5 Å². The standard InChI is InChI=1S/C23H34N4O6/c1-13(2)25-20(30)19(15-8-6-7-9-17(15)28)27(14-10-11-14)21(31)16(12-18(24)29)26-22(32)33-23(3,4)5/h6-9,13-14,16,19,28H,10-12H2,1-5H3,(H2,24,29)(H,25,30)(H,26,32). The van der Waals surface area contributed by atoms with Crippen molar-refractivity contribution in [3.8, 4) is 5.75 Å². The fourth-order valence-electron chi connectivity index (χ4n) is 3.40. The van der Waals surface area contributed by atoms with Crippen molar-refractivity contribution < 1.29 is 29.0 Å². The van der Waals surface area contributed by atoms with E-state index in [4.69, 9.17) is 10.5 Å². The number of nitrogens with zero attached hydrogens (tertiary/aromatic N) is 1. The molecule has 2 rings (SSSR count). The Morgan fingerprint density at radius 1 is 1.15 bits per heavy atom. The molecule has 2 unspecified atom stereocenters. The van der Waals surface area contributed by atoms with Crippen LogP contribution in [0, 0.1) is 0 Å². The van der Waals surface area contributed by atoms with Crippen LogP contribution in [0.2, 0.25) is 0 Å². The molecule has 2 atom stereocenters. The Bertz CT molecular complexity index is 891. The van der Waals surface area contributed by atoms with Gasteiger partial charge in [0.1, 0.15) is 23.4 Å². The molecule has 10 nitrogen and oxygen atoms in total. The molecular formula is C23H34N4O6. The third-order valence-corrected chi connectivity index (χ3v) is 4.78. The van der Waals surface area contributed by atoms with Crippen LogP contribution in [-0.2, 0) is 19.1 Å². The van der Waals surface area contributed by atoms with Crippen LogP contribution in [0.1, 0.15) is 65.5 Å². The van der Waals surface area contributed by atoms with Crippen molar-refractivity contribution in [1.82, 2.24) is 15.5 Å². The molecule has 5 N–H and O–H groups in total. The Morgan fingerprint density at radius 3 is 2.24 bits per heavy atom. The Balaban J connectivity index is 2.45. The van der Waals surface area contributed by atoms with Crippen molar-refractivity contribution in [1.29, 1.82) is 0 Å². The molecule has 1 aliphatic rings. The zero-order valence-corrected chi connectivity index (χ0v) is 19.8. The quantitative estimate of drug-likeness (QED) is 0.439. The molecule has 182 valence electrons. The lowest BCUT2D eigenvalue weighted by Gasteiger charge is -2.35. The number of nitrogens with two attached hydrogens (primary N) is 1. The molecule has 0 heterocycles. The number of rotatable bonds is 9. The summed E-state index contributed by atoms with van der Waals surface area (Å²) in [6.07, 6.45) is -0.0784. The lowest BCUT2D eigenvalue weighted by Crippen LogP contribution is -2.55. The zero-order chi connectivity index (χ0) is 24.9. The molecule has 1 saturated carbocycles. The SMILES string of the molecule is CC(C)NC(=O)C(c1ccccc1O)N(C(=O)C(CC(N)=O)NC(=O)OC(C)(C)C)C1CC1. The molecular weight excluding hydrogens is 428 g/mol. The Labute approximate surface area is 193 Å². The number of carbonyl (C=O) groups is 4. The third-order valence-electron chi connectivity index (χ3n) is 4.78. The maximum absolute atomic E-state index is 13.7. The van der Waals surface area contributed by atoms with Gasteiger partial charge in [-0.2, -0.15) is 0 Å². The first-order chi connectivity index (χ1) is 15.3. The van der Waals surface area contributed by atoms with E-state index in [0.717, 1.165) is 0 Å². The fourth-order valence-corrected chi connectivity index (χ4v) is 3.40. The lowest BCUT2D eigenvalue weighted by molar-refractivity contribution is -0.144. The van der Waals surface area contributed by atoms with E-state index in [-0.39, 0.29) is 23.4 Å². The van der Waals surface area contributed by atoms with Crippen LogP contribution < -0.4 is 16.4 Å². The van der Waals surface area contributed by atoms with E-state index < -0.39 is 47.9 Å². The highest BCUT2D eigenvalue weighted by atomic mass is 16.6. The van der Waals surface area contributed by atoms with Gasteiger partial charge in [-0.15, -0.1) is 0 Å². The highest BCUT2D eigenvalue weighted by molar-refractivity contribution is 5.95. The summed E-state index contributed by atoms with van der Waals surface area (Å²) in [6, 6.07) is 3.24. The summed E-state index contributed by atoms with van der Waals surface area (Å²) in [7, 11) is 0. The van der Waals surface area contributed by atoms with Crippen molar-refractivity contribution in [2.75, 3.05) is 0 Å². The molecule has 33 heavy (non-hydrogen) atoms. The average Bonchev–Trinajstić information content (AvgIpc) is 3.48. The Kier molecular flexibility index (Phi) is 8.29. The number of alkyl carbamates (subject to hydrolysis) is 1. The Morgan fingerprint density at radius 2 is 1.76 bits per heavy atom. The topological polar surface area (TPSA) is 151 Å². The molecule has 1 aromatic rings. The van der Waals surface area contributed by atoms with Gasteiger partial charge in [-0.1, -0.05) is 18.2 Å². The minimum atomic E-state index is -1.34. The molecule has 0 spiro atoms. The van der Waals surface area contributed by atoms with Crippen LogP contribution in [-0.4, -0.2) is 57.5 Å². The second-order valence-corrected chi connectivity index (χ2v) is 9.47. The first-order valence-electron chi connectivity index (χ1n) is 11.0. The summed E-state index contributed by atoms with van der Waals surface area (Å²) in [6.45, 7) is 8.56. The Hall–Kier alpha value is -3.30. The third kappa shape index (κ3) is 7.65. The minimum Gasteiger partial charge on any atom is -0.508 e. The van der Waals surface area contributed by atoms with E-state index in [1.54, 1.807) is 52.8 Å². The van der Waals surface area contributed by atoms with Crippen LogP contribution in [0.25, 0.3) is 0 Å². The first-order valence-corrected chi connectivity index (χ1v) is 11.0. The number of phenols is 1. The molecule has 0 aliphatic heterocycles. The van der Waals surface area contributed by atoms with Gasteiger partial charge in [0.25, 0.3) is 0 Å². The number of amides is 4. The number of carbonyl (C=O) groups excluding carboxylic acids is 4. The maximum Gasteiger partial charge on any atom is 0.408 e. The number of benzene rings is 1. The average molecular weight is 463 g/mol. The second kappa shape index (κ2) is 10.5. The molecule has 0 bridgehead atoms. The van der Waals surface area contributed by atoms with Crippen LogP contribution in [0.15, 0.2) is 24.3 Å². The molecule has 1 aliphatic carbocycles. The number of para-hydroxylation sites is 1. The van der Waals surface area contributed by atoms with Gasteiger partial charge in [0.15, 0.2) is 0 Å². The minimum absolute atomic E-state index is 0.147. The van der Waals surface area contributed by atoms with Gasteiger partial charge in [-0.25, -0.2) is 4.79 Å². The van der Waals surface area contributed by atoms with Crippen LogP contribution in [0.5, 0.6) is 5.75 Å². The summed E-state index contributed by atoms with van der Waals surface area (Å²) in [5, 5.41) is 15.7. The highest BCUT2D eigenvalue weighted by Crippen LogP contribution is 2.38. The van der Waals surface area contributed by atoms with Crippen molar-refractivity contribution in [2.45, 2.75) is 83.6 Å². The number of phenolic OH excluding ortho intramolecular Hbond substituents is 1. The smallest absolute Gasteiger partial charge is 0.408 e. The van der Waals surface area contributed by atoms with Gasteiger partial charge in [0, 0.05) is 17.6 Å². The van der Waals surface area contributed by atoms with Gasteiger partial charge < -0.3 is 31.1 Å². The number of nitrogens with one attached hydrogen (secondary N) is 2. The molecule has 0 radical (unpaired) electrons. The molecule has 4 amide bonds. The molecule has 0 saturated heterocycles. The molecule has 10 heteroatoms. The van der Waals surface area contributed by atoms with E-state index >= 15 is 0 Å². The van der Waals surface area contributed by atoms with E-state index in [2.05, 4.69) is 10.6 Å². The normalized spacial score (nSPS) is 15.3. The molecule has 0 aromatic heterocycles. The zero-order valence-electron chi connectivity index (χ0n) is 19.8. The first kappa shape index (κ1) is 26.0. The number of hydrogen-bond acceptors (Lipinski definition) is 6. The van der Waals surface area contributed by atoms with Gasteiger partial charge in [-0.3, -0.25) is 14.4 Å². The maximum atomic E-state index is 13.7. The van der Waals surface area contributed by atoms with Gasteiger partial charge >= 0.3 is 6.09 Å². The second-order valence-electron chi connectivity index (χ2n) is 9.47. The largest absolute Gasteiger partial charge is 0.508 e. The summed E-state index contributed by atoms with van der Waals surface area (Å²) >= 11 is 0. The van der Waals surface area contributed by atoms with Crippen molar-refractivity contribution in [2.24, 2.45) is 5.73 Å². The molecule has 1 fully saturated rings. The number of ether oxygens (including phenoxy) is 1. The number of primary amides is 1. The van der Waals surface area contributed by atoms with Gasteiger partial charge in [0.05, 0.1) is 6.42 Å². The van der Waals surface area contributed by atoms with Gasteiger partial charge in [0.2, 0.25) is 17.7 Å². The summed E-state index contributed by atoms with van der Waals surface area (Å²) < 4.78 is 5.23. The van der Waals surface area contributed by atoms with E-state index in [1.165, 1.54) is 11.0 Å². The van der Waals surface area contributed by atoms with E-state index in [0.29, 0.717) is 12.8 Å². The molecule has 1 aromatic carbocycles. The highest BCUT2D eigenvalue weighted by Gasteiger charge is 2.45. The van der Waals surface area contributed by atoms with Crippen molar-refractivity contribution in [3.05, 3.63) is 29.8 Å². The van der Waals surface area contributed by atoms with Crippen LogP contribution >= 0.6 is 0 Å². The van der Waals surface area contributed by atoms with Crippen molar-refractivity contribution in [3.63, 3.8) is 0 Å². The van der Waals surface area contributed by atoms with E-state index in [9.17, 15) is 24.3 Å². The van der Waals surface area contributed by atoms with E-state index in [1.807, 2.05) is 0 Å². The number of aromatic hydroxyl groups is 1. The lowest BCUT2D eigenvalue weighted by atomic mass is 10.0. The summed E-state index contributed by atoms with van der Waals surface area (Å²) in [4.78, 5) is 52.3. The predicted molar refractivity (Wildman–Crippen MR) is 121 cm³/mol. The number of hydrogen-bond donors (Lipinski definition) is 4. The summed E-state index contributed by atoms with van der Waals surface area (Å²) in [5.74, 6) is -2.09. The monoisotopic (exact) mass is 462 g/mol. The predicted octanol–water partition coefficient (Wildman–Crippen LogP) is 1.72. The van der Waals surface area contributed by atoms with Crippen molar-refractivity contribution >= 4 is 23.8 Å². The fraction of sp³-hybridized carbons (Fsp3) is 0.565. The van der Waals surface area contributed by atoms with Crippen LogP contribution in [0.4, 0.5) is 4.79 Å².